The molecular weight excluding hydrogens is 292 g/mol. The van der Waals surface area contributed by atoms with Gasteiger partial charge in [-0.2, -0.15) is 0 Å². The van der Waals surface area contributed by atoms with E-state index in [2.05, 4.69) is 29.8 Å². The zero-order valence-corrected chi connectivity index (χ0v) is 12.7. The standard InChI is InChI=1S/C15H21BrO2/c1-12(9-16)3-4-13(2)11-18-15-7-5-14(10-17)6-8-15/h5-8,10,12-13H,3-4,9,11H2,1-2H3. The highest BCUT2D eigenvalue weighted by Gasteiger charge is 2.06. The van der Waals surface area contributed by atoms with Crippen LogP contribution >= 0.6 is 15.9 Å². The van der Waals surface area contributed by atoms with E-state index in [-0.39, 0.29) is 0 Å². The van der Waals surface area contributed by atoms with Crippen LogP contribution in [0.2, 0.25) is 0 Å². The summed E-state index contributed by atoms with van der Waals surface area (Å²) in [6.07, 6.45) is 3.24. The molecule has 0 fully saturated rings. The lowest BCUT2D eigenvalue weighted by molar-refractivity contribution is 0.112. The maximum atomic E-state index is 10.5. The third kappa shape index (κ3) is 5.67. The molecule has 0 saturated carbocycles. The first-order chi connectivity index (χ1) is 8.65. The summed E-state index contributed by atoms with van der Waals surface area (Å²) < 4.78 is 5.71. The normalized spacial score (nSPS) is 13.9. The van der Waals surface area contributed by atoms with Gasteiger partial charge in [0.05, 0.1) is 6.61 Å². The number of ether oxygens (including phenoxy) is 1. The van der Waals surface area contributed by atoms with Crippen molar-refractivity contribution in [1.82, 2.24) is 0 Å². The lowest BCUT2D eigenvalue weighted by atomic mass is 10.0. The molecule has 1 aromatic carbocycles. The maximum Gasteiger partial charge on any atom is 0.150 e. The Labute approximate surface area is 118 Å². The molecule has 0 saturated heterocycles. The van der Waals surface area contributed by atoms with Gasteiger partial charge < -0.3 is 4.74 Å². The fourth-order valence-corrected chi connectivity index (χ4v) is 1.93. The first-order valence-electron chi connectivity index (χ1n) is 6.39. The average molecular weight is 313 g/mol. The van der Waals surface area contributed by atoms with Crippen molar-refractivity contribution in [2.24, 2.45) is 11.8 Å². The maximum absolute atomic E-state index is 10.5. The van der Waals surface area contributed by atoms with Crippen LogP contribution in [0.15, 0.2) is 24.3 Å². The van der Waals surface area contributed by atoms with Gasteiger partial charge in [0.1, 0.15) is 12.0 Å². The van der Waals surface area contributed by atoms with Crippen molar-refractivity contribution in [3.05, 3.63) is 29.8 Å². The fourth-order valence-electron chi connectivity index (χ4n) is 1.61. The molecule has 2 nitrogen and oxygen atoms in total. The Bertz CT molecular complexity index is 348. The van der Waals surface area contributed by atoms with Crippen molar-refractivity contribution in [2.45, 2.75) is 26.7 Å². The van der Waals surface area contributed by atoms with Gasteiger partial charge in [-0.05, 0) is 48.9 Å². The molecule has 0 amide bonds. The molecule has 0 aliphatic rings. The van der Waals surface area contributed by atoms with Crippen LogP contribution in [0.4, 0.5) is 0 Å². The van der Waals surface area contributed by atoms with Gasteiger partial charge in [-0.15, -0.1) is 0 Å². The summed E-state index contributed by atoms with van der Waals surface area (Å²) in [6, 6.07) is 7.24. The highest BCUT2D eigenvalue weighted by Crippen LogP contribution is 2.17. The number of hydrogen-bond donors (Lipinski definition) is 0. The number of benzene rings is 1. The van der Waals surface area contributed by atoms with Crippen LogP contribution in [0.1, 0.15) is 37.0 Å². The van der Waals surface area contributed by atoms with E-state index in [4.69, 9.17) is 4.74 Å². The van der Waals surface area contributed by atoms with Gasteiger partial charge in [0, 0.05) is 10.9 Å². The second-order valence-corrected chi connectivity index (χ2v) is 5.59. The van der Waals surface area contributed by atoms with Crippen molar-refractivity contribution in [1.29, 1.82) is 0 Å². The van der Waals surface area contributed by atoms with Crippen molar-refractivity contribution in [3.63, 3.8) is 0 Å². The monoisotopic (exact) mass is 312 g/mol. The molecule has 100 valence electrons. The number of aldehydes is 1. The van der Waals surface area contributed by atoms with Crippen LogP contribution < -0.4 is 4.74 Å². The van der Waals surface area contributed by atoms with Crippen LogP contribution in [0.5, 0.6) is 5.75 Å². The molecule has 0 spiro atoms. The summed E-state index contributed by atoms with van der Waals surface area (Å²) >= 11 is 3.49. The topological polar surface area (TPSA) is 26.3 Å². The Morgan fingerprint density at radius 3 is 2.33 bits per heavy atom. The minimum absolute atomic E-state index is 0.553. The summed E-state index contributed by atoms with van der Waals surface area (Å²) in [5, 5.41) is 1.06. The van der Waals surface area contributed by atoms with Crippen LogP contribution in [-0.2, 0) is 0 Å². The van der Waals surface area contributed by atoms with Gasteiger partial charge in [0.2, 0.25) is 0 Å². The molecule has 0 aromatic heterocycles. The predicted octanol–water partition coefficient (Wildman–Crippen LogP) is 4.33. The van der Waals surface area contributed by atoms with E-state index < -0.39 is 0 Å². The van der Waals surface area contributed by atoms with Gasteiger partial charge >= 0.3 is 0 Å². The molecule has 0 bridgehead atoms. The van der Waals surface area contributed by atoms with Crippen molar-refractivity contribution in [3.8, 4) is 5.75 Å². The first kappa shape index (κ1) is 15.2. The Morgan fingerprint density at radius 2 is 1.78 bits per heavy atom. The molecule has 0 aliphatic carbocycles. The summed E-state index contributed by atoms with van der Waals surface area (Å²) in [6.45, 7) is 5.19. The average Bonchev–Trinajstić information content (AvgIpc) is 2.42. The molecule has 3 heteroatoms. The van der Waals surface area contributed by atoms with Crippen LogP contribution in [0, 0.1) is 11.8 Å². The summed E-state index contributed by atoms with van der Waals surface area (Å²) in [7, 11) is 0. The van der Waals surface area contributed by atoms with Gasteiger partial charge in [0.15, 0.2) is 0 Å². The van der Waals surface area contributed by atoms with Crippen molar-refractivity contribution >= 4 is 22.2 Å². The number of halogens is 1. The number of alkyl halides is 1. The first-order valence-corrected chi connectivity index (χ1v) is 7.51. The summed E-state index contributed by atoms with van der Waals surface area (Å²) in [5.74, 6) is 2.11. The molecule has 2 atom stereocenters. The van der Waals surface area contributed by atoms with E-state index in [9.17, 15) is 4.79 Å². The minimum atomic E-state index is 0.553. The van der Waals surface area contributed by atoms with E-state index in [1.807, 2.05) is 12.1 Å². The van der Waals surface area contributed by atoms with Gasteiger partial charge in [-0.25, -0.2) is 0 Å². The largest absolute Gasteiger partial charge is 0.493 e. The summed E-state index contributed by atoms with van der Waals surface area (Å²) in [5.41, 5.74) is 0.682. The SMILES string of the molecule is CC(CBr)CCC(C)COc1ccc(C=O)cc1. The third-order valence-electron chi connectivity index (χ3n) is 2.97. The molecule has 1 rings (SSSR count). The predicted molar refractivity (Wildman–Crippen MR) is 78.7 cm³/mol. The van der Waals surface area contributed by atoms with E-state index in [0.29, 0.717) is 11.5 Å². The number of carbonyl (C=O) groups excluding carboxylic acids is 1. The highest BCUT2D eigenvalue weighted by molar-refractivity contribution is 9.09. The van der Waals surface area contributed by atoms with E-state index in [1.165, 1.54) is 12.8 Å². The van der Waals surface area contributed by atoms with E-state index in [0.717, 1.165) is 29.9 Å². The molecular formula is C15H21BrO2. The zero-order chi connectivity index (χ0) is 13.4. The van der Waals surface area contributed by atoms with Crippen LogP contribution in [0.3, 0.4) is 0 Å². The van der Waals surface area contributed by atoms with Crippen LogP contribution in [-0.4, -0.2) is 18.2 Å². The molecule has 0 radical (unpaired) electrons. The lowest BCUT2D eigenvalue weighted by Crippen LogP contribution is -2.10. The fraction of sp³-hybridized carbons (Fsp3) is 0.533. The number of carbonyl (C=O) groups is 1. The lowest BCUT2D eigenvalue weighted by Gasteiger charge is -2.15. The molecule has 18 heavy (non-hydrogen) atoms. The third-order valence-corrected chi connectivity index (χ3v) is 4.07. The smallest absolute Gasteiger partial charge is 0.150 e. The minimum Gasteiger partial charge on any atom is -0.493 e. The van der Waals surface area contributed by atoms with Crippen molar-refractivity contribution < 1.29 is 9.53 Å². The zero-order valence-electron chi connectivity index (χ0n) is 11.1. The van der Waals surface area contributed by atoms with E-state index in [1.54, 1.807) is 12.1 Å². The molecule has 1 aromatic rings. The van der Waals surface area contributed by atoms with Crippen LogP contribution in [0.25, 0.3) is 0 Å². The highest BCUT2D eigenvalue weighted by atomic mass is 79.9. The quantitative estimate of drug-likeness (QED) is 0.527. The van der Waals surface area contributed by atoms with Gasteiger partial charge in [-0.1, -0.05) is 29.8 Å². The Balaban J connectivity index is 2.28. The number of rotatable bonds is 8. The molecule has 0 heterocycles. The Morgan fingerprint density at radius 1 is 1.17 bits per heavy atom. The molecule has 2 unspecified atom stereocenters. The van der Waals surface area contributed by atoms with Crippen molar-refractivity contribution in [2.75, 3.05) is 11.9 Å². The number of hydrogen-bond acceptors (Lipinski definition) is 2. The van der Waals surface area contributed by atoms with Gasteiger partial charge in [0.25, 0.3) is 0 Å². The second-order valence-electron chi connectivity index (χ2n) is 4.94. The molecule has 0 N–H and O–H groups in total. The van der Waals surface area contributed by atoms with E-state index >= 15 is 0 Å². The Hall–Kier alpha value is -0.830. The molecule has 0 aliphatic heterocycles. The summed E-state index contributed by atoms with van der Waals surface area (Å²) in [4.78, 5) is 10.5. The second kappa shape index (κ2) is 8.30. The Kier molecular flexibility index (Phi) is 7.02. The van der Waals surface area contributed by atoms with Gasteiger partial charge in [-0.3, -0.25) is 4.79 Å².